The minimum absolute atomic E-state index is 0.0476. The van der Waals surface area contributed by atoms with Gasteiger partial charge in [-0.3, -0.25) is 9.59 Å². The van der Waals surface area contributed by atoms with Crippen molar-refractivity contribution in [1.29, 1.82) is 0 Å². The molecule has 2 amide bonds. The summed E-state index contributed by atoms with van der Waals surface area (Å²) in [5.41, 5.74) is -0.317. The summed E-state index contributed by atoms with van der Waals surface area (Å²) in [5.74, 6) is -3.38. The van der Waals surface area contributed by atoms with E-state index < -0.39 is 73.2 Å². The number of hydrogen-bond acceptors (Lipinski definition) is 4. The Morgan fingerprint density at radius 1 is 1.31 bits per heavy atom. The predicted molar refractivity (Wildman–Crippen MR) is 100 cm³/mol. The van der Waals surface area contributed by atoms with Gasteiger partial charge in [0.25, 0.3) is 6.04 Å². The van der Waals surface area contributed by atoms with E-state index in [1.165, 1.54) is 6.92 Å². The molecule has 0 bridgehead atoms. The molecule has 0 aromatic heterocycles. The van der Waals surface area contributed by atoms with Crippen LogP contribution in [0.3, 0.4) is 0 Å². The van der Waals surface area contributed by atoms with Crippen molar-refractivity contribution >= 4 is 11.8 Å². The third kappa shape index (κ3) is 4.64. The summed E-state index contributed by atoms with van der Waals surface area (Å²) in [6, 6.07) is -3.00. The van der Waals surface area contributed by atoms with Crippen LogP contribution in [0.25, 0.3) is 0 Å². The van der Waals surface area contributed by atoms with Crippen LogP contribution in [0.1, 0.15) is 37.8 Å². The van der Waals surface area contributed by atoms with Crippen LogP contribution in [0.5, 0.6) is 0 Å². The van der Waals surface area contributed by atoms with Crippen LogP contribution in [0.2, 0.25) is 0 Å². The third-order valence-corrected chi connectivity index (χ3v) is 5.79. The molecule has 3 N–H and O–H groups in total. The summed E-state index contributed by atoms with van der Waals surface area (Å²) in [4.78, 5) is 37.4. The maximum absolute atomic E-state index is 14.0. The fourth-order valence-electron chi connectivity index (χ4n) is 4.19. The van der Waals surface area contributed by atoms with Gasteiger partial charge in [0, 0.05) is 38.9 Å². The van der Waals surface area contributed by atoms with Gasteiger partial charge in [-0.2, -0.15) is 13.2 Å². The largest absolute Gasteiger partial charge is 0.455 e. The molecule has 0 radical (unpaired) electrons. The lowest BCUT2D eigenvalue weighted by molar-refractivity contribution is -0.653. The van der Waals surface area contributed by atoms with Gasteiger partial charge in [-0.05, 0) is 19.4 Å². The van der Waals surface area contributed by atoms with Crippen LogP contribution in [0.4, 0.5) is 22.0 Å². The number of carbonyl (C=O) groups excluding carboxylic acids is 2. The zero-order valence-corrected chi connectivity index (χ0v) is 16.9. The van der Waals surface area contributed by atoms with E-state index in [2.05, 4.69) is 10.6 Å². The molecule has 4 atom stereocenters. The number of benzene rings is 1. The maximum Gasteiger partial charge on any atom is 0.455 e. The van der Waals surface area contributed by atoms with Gasteiger partial charge >= 0.3 is 6.18 Å². The average molecular weight is 462 g/mol. The van der Waals surface area contributed by atoms with Gasteiger partial charge in [-0.25, -0.2) is 8.78 Å². The molecule has 32 heavy (non-hydrogen) atoms. The van der Waals surface area contributed by atoms with E-state index in [-0.39, 0.29) is 27.9 Å². The standard InChI is InChI=1S/C20H20F5N3O4/c1-9-12(7-17(30)26-15(8-29)11-3-2-10(21)6-13(11)22)19(31)27-14-4-5-16(20(23,24)25)28(32)18(9)14/h2-3,6,14-16,18,29H,4-5,7-8H2,1H3,(H-,26,27,30,31)/p+1/t14?,15-,16?,18?/m0/s1. The molecule has 1 aromatic rings. The fraction of sp³-hybridized carbons (Fsp3) is 0.500. The first-order chi connectivity index (χ1) is 14.9. The molecule has 0 aliphatic carbocycles. The summed E-state index contributed by atoms with van der Waals surface area (Å²) in [5, 5.41) is 14.3. The molecular weight excluding hydrogens is 441 g/mol. The van der Waals surface area contributed by atoms with Crippen molar-refractivity contribution in [2.75, 3.05) is 6.61 Å². The zero-order valence-electron chi connectivity index (χ0n) is 16.9. The summed E-state index contributed by atoms with van der Waals surface area (Å²) < 4.78 is 66.5. The van der Waals surface area contributed by atoms with E-state index in [1.807, 2.05) is 0 Å². The van der Waals surface area contributed by atoms with Crippen LogP contribution in [-0.4, -0.2) is 52.6 Å². The van der Waals surface area contributed by atoms with Gasteiger partial charge in [0.2, 0.25) is 17.9 Å². The second-order valence-corrected chi connectivity index (χ2v) is 7.83. The highest BCUT2D eigenvalue weighted by atomic mass is 19.4. The lowest BCUT2D eigenvalue weighted by atomic mass is 9.83. The molecule has 0 spiro atoms. The highest BCUT2D eigenvalue weighted by Gasteiger charge is 2.59. The summed E-state index contributed by atoms with van der Waals surface area (Å²) >= 11 is 0. The zero-order chi connectivity index (χ0) is 23.8. The Kier molecular flexibility index (Phi) is 6.63. The average Bonchev–Trinajstić information content (AvgIpc) is 2.68. The van der Waals surface area contributed by atoms with Gasteiger partial charge in [-0.1, -0.05) is 6.07 Å². The number of aliphatic hydroxyl groups is 1. The number of alkyl halides is 3. The molecule has 174 valence electrons. The van der Waals surface area contributed by atoms with Gasteiger partial charge in [0.05, 0.1) is 25.1 Å². The van der Waals surface area contributed by atoms with Crippen LogP contribution < -0.4 is 10.6 Å². The predicted octanol–water partition coefficient (Wildman–Crippen LogP) is 2.19. The second-order valence-electron chi connectivity index (χ2n) is 7.83. The first-order valence-electron chi connectivity index (χ1n) is 9.81. The number of nitroso groups, excluding NO2 is 1. The molecule has 3 unspecified atom stereocenters. The molecule has 2 aliphatic rings. The molecule has 2 heterocycles. The molecule has 1 saturated heterocycles. The molecule has 3 rings (SSSR count). The van der Waals surface area contributed by atoms with E-state index in [0.29, 0.717) is 6.07 Å². The summed E-state index contributed by atoms with van der Waals surface area (Å²) in [7, 11) is 0. The Hall–Kier alpha value is -2.89. The van der Waals surface area contributed by atoms with Crippen molar-refractivity contribution < 1.29 is 41.4 Å². The number of hydrogen-bond donors (Lipinski definition) is 3. The molecule has 12 heteroatoms. The topological polar surface area (TPSA) is 98.5 Å². The Balaban J connectivity index is 1.80. The number of nitrogens with zero attached hydrogens (tertiary/aromatic N) is 1. The van der Waals surface area contributed by atoms with E-state index in [4.69, 9.17) is 0 Å². The van der Waals surface area contributed by atoms with Crippen molar-refractivity contribution in [1.82, 2.24) is 10.6 Å². The fourth-order valence-corrected chi connectivity index (χ4v) is 4.19. The van der Waals surface area contributed by atoms with Gasteiger partial charge < -0.3 is 15.7 Å². The van der Waals surface area contributed by atoms with Crippen molar-refractivity contribution in [3.05, 3.63) is 51.5 Å². The quantitative estimate of drug-likeness (QED) is 0.462. The highest BCUT2D eigenvalue weighted by Crippen LogP contribution is 2.36. The number of nitrogens with one attached hydrogen (secondary N) is 2. The van der Waals surface area contributed by atoms with Gasteiger partial charge in [0.15, 0.2) is 0 Å². The maximum atomic E-state index is 14.0. The number of halogens is 5. The molecule has 1 fully saturated rings. The Morgan fingerprint density at radius 3 is 2.59 bits per heavy atom. The van der Waals surface area contributed by atoms with Gasteiger partial charge in [0.1, 0.15) is 11.6 Å². The number of aliphatic hydroxyl groups excluding tert-OH is 1. The lowest BCUT2D eigenvalue weighted by Crippen LogP contribution is -2.60. The van der Waals surface area contributed by atoms with E-state index in [1.54, 1.807) is 0 Å². The molecule has 0 saturated carbocycles. The van der Waals surface area contributed by atoms with Crippen molar-refractivity contribution in [2.24, 2.45) is 0 Å². The number of piperidine rings is 1. The Morgan fingerprint density at radius 2 is 2.00 bits per heavy atom. The summed E-state index contributed by atoms with van der Waals surface area (Å²) in [6.07, 6.45) is -5.85. The van der Waals surface area contributed by atoms with Crippen LogP contribution in [0, 0.1) is 16.5 Å². The van der Waals surface area contributed by atoms with Crippen LogP contribution >= 0.6 is 0 Å². The van der Waals surface area contributed by atoms with Crippen LogP contribution in [-0.2, 0) is 9.59 Å². The third-order valence-electron chi connectivity index (χ3n) is 5.79. The molecule has 7 nitrogen and oxygen atoms in total. The first-order valence-corrected chi connectivity index (χ1v) is 9.81. The first kappa shape index (κ1) is 23.8. The van der Waals surface area contributed by atoms with Crippen molar-refractivity contribution in [2.45, 2.75) is 56.5 Å². The monoisotopic (exact) mass is 462 g/mol. The molecular formula is C20H21F5N3O4+. The normalized spacial score (nSPS) is 24.7. The minimum Gasteiger partial charge on any atom is -0.394 e. The Bertz CT molecular complexity index is 978. The number of amides is 2. The Labute approximate surface area is 179 Å². The summed E-state index contributed by atoms with van der Waals surface area (Å²) in [6.45, 7) is 0.594. The second kappa shape index (κ2) is 8.93. The van der Waals surface area contributed by atoms with Gasteiger partial charge in [-0.15, -0.1) is 0 Å². The number of carbonyl (C=O) groups is 2. The highest BCUT2D eigenvalue weighted by molar-refractivity contribution is 6.00. The molecule has 2 aliphatic heterocycles. The minimum atomic E-state index is -4.74. The van der Waals surface area contributed by atoms with Crippen molar-refractivity contribution in [3.63, 3.8) is 0 Å². The van der Waals surface area contributed by atoms with E-state index >= 15 is 0 Å². The SMILES string of the molecule is CC1=C(CC(=O)N[C@@H](CO)c2ccc(F)cc2F)C(=O)NC2CCC(C(F)(F)F)[N+](=O)C12. The number of fused-ring (bicyclic) bond motifs is 1. The molecule has 1 aromatic carbocycles. The van der Waals surface area contributed by atoms with E-state index in [0.717, 1.165) is 12.1 Å². The smallest absolute Gasteiger partial charge is 0.394 e. The van der Waals surface area contributed by atoms with E-state index in [9.17, 15) is 41.6 Å². The number of rotatable bonds is 5. The lowest BCUT2D eigenvalue weighted by Gasteiger charge is -2.34. The van der Waals surface area contributed by atoms with Crippen molar-refractivity contribution in [3.8, 4) is 0 Å². The van der Waals surface area contributed by atoms with Crippen LogP contribution in [0.15, 0.2) is 29.3 Å².